The summed E-state index contributed by atoms with van der Waals surface area (Å²) in [6.07, 6.45) is 0.735. The molecule has 6 heteroatoms. The lowest BCUT2D eigenvalue weighted by Crippen LogP contribution is -2.48. The molecule has 1 aromatic rings. The van der Waals surface area contributed by atoms with E-state index in [-0.39, 0.29) is 5.25 Å². The van der Waals surface area contributed by atoms with E-state index in [1.807, 2.05) is 12.1 Å². The van der Waals surface area contributed by atoms with Crippen LogP contribution in [0.15, 0.2) is 18.2 Å². The van der Waals surface area contributed by atoms with Gasteiger partial charge in [-0.25, -0.2) is 8.42 Å². The lowest BCUT2D eigenvalue weighted by molar-refractivity contribution is 0.0415. The van der Waals surface area contributed by atoms with Crippen molar-refractivity contribution < 1.29 is 17.9 Å². The third kappa shape index (κ3) is 1.67. The molecule has 0 bridgehead atoms. The van der Waals surface area contributed by atoms with Crippen molar-refractivity contribution >= 4 is 15.7 Å². The summed E-state index contributed by atoms with van der Waals surface area (Å²) in [5, 5.41) is -0.384. The van der Waals surface area contributed by atoms with E-state index in [2.05, 4.69) is 0 Å². The highest BCUT2D eigenvalue weighted by Crippen LogP contribution is 2.35. The van der Waals surface area contributed by atoms with E-state index in [0.717, 1.165) is 23.4 Å². The van der Waals surface area contributed by atoms with Crippen molar-refractivity contribution in [1.82, 2.24) is 0 Å². The van der Waals surface area contributed by atoms with Crippen LogP contribution in [0.25, 0.3) is 0 Å². The Labute approximate surface area is 106 Å². The summed E-state index contributed by atoms with van der Waals surface area (Å²) < 4.78 is 36.3. The molecule has 2 aliphatic heterocycles. The molecule has 0 N–H and O–H groups in total. The van der Waals surface area contributed by atoms with E-state index < -0.39 is 10.0 Å². The van der Waals surface area contributed by atoms with Crippen molar-refractivity contribution in [3.05, 3.63) is 23.8 Å². The van der Waals surface area contributed by atoms with Crippen LogP contribution in [0, 0.1) is 0 Å². The molecule has 0 spiro atoms. The Balaban J connectivity index is 1.95. The molecule has 0 aromatic heterocycles. The Hall–Kier alpha value is -1.27. The van der Waals surface area contributed by atoms with E-state index in [9.17, 15) is 8.42 Å². The average Bonchev–Trinajstić information content (AvgIpc) is 2.68. The second kappa shape index (κ2) is 4.13. The molecule has 1 fully saturated rings. The van der Waals surface area contributed by atoms with Gasteiger partial charge in [0.05, 0.1) is 26.0 Å². The molecule has 0 unspecified atom stereocenters. The molecule has 1 saturated heterocycles. The molecule has 18 heavy (non-hydrogen) atoms. The van der Waals surface area contributed by atoms with Crippen molar-refractivity contribution in [1.29, 1.82) is 0 Å². The minimum absolute atomic E-state index is 0.310. The first-order chi connectivity index (χ1) is 8.63. The van der Waals surface area contributed by atoms with Crippen LogP contribution in [0.3, 0.4) is 0 Å². The number of rotatable bonds is 3. The first kappa shape index (κ1) is 11.8. The Bertz CT molecular complexity index is 565. The van der Waals surface area contributed by atoms with E-state index in [4.69, 9.17) is 9.47 Å². The van der Waals surface area contributed by atoms with Crippen LogP contribution in [0.4, 0.5) is 5.69 Å². The van der Waals surface area contributed by atoms with Gasteiger partial charge in [0, 0.05) is 6.54 Å². The molecule has 3 rings (SSSR count). The van der Waals surface area contributed by atoms with Gasteiger partial charge >= 0.3 is 0 Å². The summed E-state index contributed by atoms with van der Waals surface area (Å²) in [6, 6.07) is 5.52. The molecule has 2 aliphatic rings. The third-order valence-corrected chi connectivity index (χ3v) is 5.58. The zero-order chi connectivity index (χ0) is 12.8. The molecule has 0 amide bonds. The summed E-state index contributed by atoms with van der Waals surface area (Å²) in [7, 11) is -1.66. The number of sulfonamides is 1. The second-order valence-corrected chi connectivity index (χ2v) is 6.66. The quantitative estimate of drug-likeness (QED) is 0.814. The molecule has 98 valence electrons. The molecule has 5 nitrogen and oxygen atoms in total. The number of hydrogen-bond acceptors (Lipinski definition) is 4. The molecule has 0 atom stereocenters. The van der Waals surface area contributed by atoms with Gasteiger partial charge in [-0.15, -0.1) is 0 Å². The van der Waals surface area contributed by atoms with E-state index in [1.165, 1.54) is 4.31 Å². The zero-order valence-electron chi connectivity index (χ0n) is 10.1. The predicted octanol–water partition coefficient (Wildman–Crippen LogP) is 0.786. The van der Waals surface area contributed by atoms with Crippen LogP contribution in [0.5, 0.6) is 5.75 Å². The fourth-order valence-corrected chi connectivity index (χ4v) is 4.00. The highest BCUT2D eigenvalue weighted by atomic mass is 32.2. The number of hydrogen-bond donors (Lipinski definition) is 0. The van der Waals surface area contributed by atoms with Gasteiger partial charge in [-0.05, 0) is 30.2 Å². The van der Waals surface area contributed by atoms with Crippen LogP contribution >= 0.6 is 0 Å². The molecule has 0 saturated carbocycles. The van der Waals surface area contributed by atoms with Gasteiger partial charge in [0.1, 0.15) is 11.0 Å². The first-order valence-electron chi connectivity index (χ1n) is 5.89. The molecule has 0 aliphatic carbocycles. The largest absolute Gasteiger partial charge is 0.497 e. The molecule has 2 heterocycles. The van der Waals surface area contributed by atoms with Crippen molar-refractivity contribution in [3.63, 3.8) is 0 Å². The summed E-state index contributed by atoms with van der Waals surface area (Å²) >= 11 is 0. The van der Waals surface area contributed by atoms with Crippen molar-refractivity contribution in [2.24, 2.45) is 0 Å². The fraction of sp³-hybridized carbons (Fsp3) is 0.500. The smallest absolute Gasteiger partial charge is 0.242 e. The minimum atomic E-state index is -3.27. The number of anilines is 1. The van der Waals surface area contributed by atoms with Crippen molar-refractivity contribution in [2.75, 3.05) is 31.2 Å². The number of methoxy groups -OCH3 is 1. The van der Waals surface area contributed by atoms with Crippen molar-refractivity contribution in [2.45, 2.75) is 11.7 Å². The molecular weight excluding hydrogens is 254 g/mol. The standard InChI is InChI=1S/C12H15NO4S/c1-16-10-2-3-12-9(6-10)4-5-13(12)18(14,15)11-7-17-8-11/h2-3,6,11H,4-5,7-8H2,1H3. The van der Waals surface area contributed by atoms with Crippen LogP contribution in [0.2, 0.25) is 0 Å². The normalized spacial score (nSPS) is 19.5. The van der Waals surface area contributed by atoms with E-state index in [0.29, 0.717) is 19.8 Å². The Kier molecular flexibility index (Phi) is 2.71. The second-order valence-electron chi connectivity index (χ2n) is 4.52. The summed E-state index contributed by atoms with van der Waals surface area (Å²) in [4.78, 5) is 0. The molecular formula is C12H15NO4S. The van der Waals surface area contributed by atoms with Gasteiger partial charge in [-0.1, -0.05) is 0 Å². The summed E-state index contributed by atoms with van der Waals surface area (Å²) in [5.41, 5.74) is 1.81. The highest BCUT2D eigenvalue weighted by molar-refractivity contribution is 7.93. The zero-order valence-corrected chi connectivity index (χ0v) is 10.9. The summed E-state index contributed by atoms with van der Waals surface area (Å²) in [5.74, 6) is 0.764. The van der Waals surface area contributed by atoms with Crippen LogP contribution in [0.1, 0.15) is 5.56 Å². The monoisotopic (exact) mass is 269 g/mol. The maximum Gasteiger partial charge on any atom is 0.242 e. The van der Waals surface area contributed by atoms with Gasteiger partial charge < -0.3 is 9.47 Å². The van der Waals surface area contributed by atoms with Crippen LogP contribution in [-0.2, 0) is 21.2 Å². The van der Waals surface area contributed by atoms with E-state index >= 15 is 0 Å². The number of fused-ring (bicyclic) bond motifs is 1. The Morgan fingerprint density at radius 2 is 2.17 bits per heavy atom. The minimum Gasteiger partial charge on any atom is -0.497 e. The topological polar surface area (TPSA) is 55.8 Å². The third-order valence-electron chi connectivity index (χ3n) is 3.48. The molecule has 1 aromatic carbocycles. The number of ether oxygens (including phenoxy) is 2. The lowest BCUT2D eigenvalue weighted by Gasteiger charge is -2.31. The van der Waals surface area contributed by atoms with Crippen LogP contribution in [-0.4, -0.2) is 40.5 Å². The summed E-state index contributed by atoms with van der Waals surface area (Å²) in [6.45, 7) is 1.13. The number of benzene rings is 1. The SMILES string of the molecule is COc1ccc2c(c1)CCN2S(=O)(=O)C1COC1. The average molecular weight is 269 g/mol. The van der Waals surface area contributed by atoms with Gasteiger partial charge in [0.15, 0.2) is 0 Å². The van der Waals surface area contributed by atoms with Gasteiger partial charge in [-0.3, -0.25) is 4.31 Å². The highest BCUT2D eigenvalue weighted by Gasteiger charge is 2.40. The Morgan fingerprint density at radius 3 is 2.78 bits per heavy atom. The van der Waals surface area contributed by atoms with Gasteiger partial charge in [0.2, 0.25) is 10.0 Å². The lowest BCUT2D eigenvalue weighted by atomic mass is 10.1. The molecule has 0 radical (unpaired) electrons. The van der Waals surface area contributed by atoms with Crippen molar-refractivity contribution in [3.8, 4) is 5.75 Å². The van der Waals surface area contributed by atoms with Gasteiger partial charge in [0.25, 0.3) is 0 Å². The maximum atomic E-state index is 12.3. The van der Waals surface area contributed by atoms with Gasteiger partial charge in [-0.2, -0.15) is 0 Å². The van der Waals surface area contributed by atoms with E-state index in [1.54, 1.807) is 13.2 Å². The first-order valence-corrected chi connectivity index (χ1v) is 7.39. The Morgan fingerprint density at radius 1 is 1.39 bits per heavy atom. The number of nitrogens with zero attached hydrogens (tertiary/aromatic N) is 1. The maximum absolute atomic E-state index is 12.3. The fourth-order valence-electron chi connectivity index (χ4n) is 2.31. The van der Waals surface area contributed by atoms with Crippen LogP contribution < -0.4 is 9.04 Å². The predicted molar refractivity (Wildman–Crippen MR) is 67.6 cm³/mol.